The molecule has 0 bridgehead atoms. The summed E-state index contributed by atoms with van der Waals surface area (Å²) in [7, 11) is 0. The Morgan fingerprint density at radius 3 is 2.71 bits per heavy atom. The van der Waals surface area contributed by atoms with Crippen molar-refractivity contribution in [2.24, 2.45) is 0 Å². The van der Waals surface area contributed by atoms with E-state index in [1.165, 1.54) is 12.3 Å². The molecule has 0 spiro atoms. The van der Waals surface area contributed by atoms with Gasteiger partial charge >= 0.3 is 5.69 Å². The molecule has 4 atom stereocenters. The third-order valence-corrected chi connectivity index (χ3v) is 2.64. The molecule has 1 fully saturated rings. The predicted molar refractivity (Wildman–Crippen MR) is 55.9 cm³/mol. The van der Waals surface area contributed by atoms with Gasteiger partial charge in [0.1, 0.15) is 24.1 Å². The predicted octanol–water partition coefficient (Wildman–Crippen LogP) is -2.56. The highest BCUT2D eigenvalue weighted by Crippen LogP contribution is 2.27. The highest BCUT2D eigenvalue weighted by molar-refractivity contribution is 5.23. The number of anilines is 1. The minimum atomic E-state index is -1.31. The van der Waals surface area contributed by atoms with Crippen LogP contribution in [0.1, 0.15) is 6.23 Å². The topological polar surface area (TPSA) is 131 Å². The minimum Gasteiger partial charge on any atom is -0.394 e. The normalized spacial score (nSPS) is 32.9. The number of nitrogens with zero attached hydrogens (tertiary/aromatic N) is 2. The fraction of sp³-hybridized carbons (Fsp3) is 0.556. The van der Waals surface area contributed by atoms with Gasteiger partial charge in [0.05, 0.1) is 6.61 Å². The highest BCUT2D eigenvalue weighted by atomic mass is 16.6. The van der Waals surface area contributed by atoms with Crippen LogP contribution < -0.4 is 11.4 Å². The first-order chi connectivity index (χ1) is 8.04. The second-order valence-electron chi connectivity index (χ2n) is 3.77. The molecule has 1 saturated heterocycles. The van der Waals surface area contributed by atoms with Gasteiger partial charge in [-0.1, -0.05) is 0 Å². The van der Waals surface area contributed by atoms with Gasteiger partial charge in [-0.05, 0) is 6.07 Å². The van der Waals surface area contributed by atoms with Crippen LogP contribution in [0, 0.1) is 0 Å². The quantitative estimate of drug-likeness (QED) is 0.449. The molecule has 2 rings (SSSR count). The van der Waals surface area contributed by atoms with Crippen LogP contribution in [0.4, 0.5) is 5.82 Å². The summed E-state index contributed by atoms with van der Waals surface area (Å²) in [5.41, 5.74) is 4.63. The fourth-order valence-corrected chi connectivity index (χ4v) is 1.73. The van der Waals surface area contributed by atoms with Crippen molar-refractivity contribution >= 4 is 5.82 Å². The van der Waals surface area contributed by atoms with E-state index in [1.807, 2.05) is 0 Å². The average molecular weight is 243 g/mol. The van der Waals surface area contributed by atoms with Crippen LogP contribution in [0.2, 0.25) is 0 Å². The van der Waals surface area contributed by atoms with Crippen LogP contribution >= 0.6 is 0 Å². The zero-order chi connectivity index (χ0) is 12.6. The zero-order valence-corrected chi connectivity index (χ0v) is 8.80. The number of aliphatic hydroxyl groups excluding tert-OH is 3. The van der Waals surface area contributed by atoms with Crippen molar-refractivity contribution in [3.63, 3.8) is 0 Å². The largest absolute Gasteiger partial charge is 0.394 e. The van der Waals surface area contributed by atoms with Crippen LogP contribution in [0.3, 0.4) is 0 Å². The lowest BCUT2D eigenvalue weighted by Crippen LogP contribution is -2.36. The van der Waals surface area contributed by atoms with E-state index >= 15 is 0 Å². The molecule has 94 valence electrons. The molecule has 0 radical (unpaired) electrons. The van der Waals surface area contributed by atoms with Gasteiger partial charge in [0.25, 0.3) is 0 Å². The van der Waals surface area contributed by atoms with Gasteiger partial charge in [-0.15, -0.1) is 0 Å². The van der Waals surface area contributed by atoms with Crippen molar-refractivity contribution in [3.05, 3.63) is 22.7 Å². The number of aromatic nitrogens is 2. The molecule has 8 heteroatoms. The van der Waals surface area contributed by atoms with Crippen molar-refractivity contribution < 1.29 is 20.1 Å². The Morgan fingerprint density at radius 2 is 2.18 bits per heavy atom. The lowest BCUT2D eigenvalue weighted by Gasteiger charge is -2.16. The third kappa shape index (κ3) is 2.03. The Bertz CT molecular complexity index is 462. The van der Waals surface area contributed by atoms with Gasteiger partial charge in [0, 0.05) is 6.20 Å². The maximum Gasteiger partial charge on any atom is 0.351 e. The van der Waals surface area contributed by atoms with Gasteiger partial charge in [-0.2, -0.15) is 4.98 Å². The van der Waals surface area contributed by atoms with Crippen LogP contribution in [0.15, 0.2) is 17.1 Å². The molecule has 1 aliphatic rings. The second-order valence-corrected chi connectivity index (χ2v) is 3.77. The number of nitrogen functional groups attached to an aromatic ring is 1. The minimum absolute atomic E-state index is 0.0537. The smallest absolute Gasteiger partial charge is 0.351 e. The van der Waals surface area contributed by atoms with E-state index in [4.69, 9.17) is 15.6 Å². The first-order valence-corrected chi connectivity index (χ1v) is 5.01. The van der Waals surface area contributed by atoms with E-state index in [1.54, 1.807) is 0 Å². The first kappa shape index (κ1) is 12.0. The summed E-state index contributed by atoms with van der Waals surface area (Å²) in [6.45, 7) is -0.453. The summed E-state index contributed by atoms with van der Waals surface area (Å²) >= 11 is 0. The third-order valence-electron chi connectivity index (χ3n) is 2.64. The molecule has 1 aliphatic heterocycles. The number of hydrogen-bond acceptors (Lipinski definition) is 7. The molecular weight excluding hydrogens is 230 g/mol. The molecule has 2 unspecified atom stereocenters. The fourth-order valence-electron chi connectivity index (χ4n) is 1.73. The Hall–Kier alpha value is -1.48. The van der Waals surface area contributed by atoms with Gasteiger partial charge in [-0.25, -0.2) is 4.79 Å². The molecule has 0 saturated carbocycles. The molecule has 0 aliphatic carbocycles. The Balaban J connectivity index is 2.32. The summed E-state index contributed by atoms with van der Waals surface area (Å²) < 4.78 is 6.19. The van der Waals surface area contributed by atoms with Crippen LogP contribution in [-0.2, 0) is 4.74 Å². The molecular formula is C9H13N3O5. The number of rotatable bonds is 2. The molecule has 1 aromatic rings. The van der Waals surface area contributed by atoms with Gasteiger partial charge in [-0.3, -0.25) is 4.57 Å². The Morgan fingerprint density at radius 1 is 1.47 bits per heavy atom. The molecule has 0 amide bonds. The van der Waals surface area contributed by atoms with Crippen molar-refractivity contribution in [1.82, 2.24) is 9.55 Å². The van der Waals surface area contributed by atoms with Crippen molar-refractivity contribution in [1.29, 1.82) is 0 Å². The van der Waals surface area contributed by atoms with Crippen LogP contribution in [0.25, 0.3) is 0 Å². The van der Waals surface area contributed by atoms with E-state index in [0.29, 0.717) is 0 Å². The van der Waals surface area contributed by atoms with Crippen LogP contribution in [0.5, 0.6) is 0 Å². The summed E-state index contributed by atoms with van der Waals surface area (Å²) in [4.78, 5) is 15.0. The van der Waals surface area contributed by atoms with E-state index in [2.05, 4.69) is 4.98 Å². The molecule has 5 N–H and O–H groups in total. The highest BCUT2D eigenvalue weighted by Gasteiger charge is 2.43. The maximum absolute atomic E-state index is 11.5. The van der Waals surface area contributed by atoms with Crippen molar-refractivity contribution in [3.8, 4) is 0 Å². The molecule has 17 heavy (non-hydrogen) atoms. The van der Waals surface area contributed by atoms with E-state index in [9.17, 15) is 15.0 Å². The van der Waals surface area contributed by atoms with Gasteiger partial charge < -0.3 is 25.8 Å². The van der Waals surface area contributed by atoms with Gasteiger partial charge in [0.2, 0.25) is 0 Å². The lowest BCUT2D eigenvalue weighted by molar-refractivity contribution is -0.0549. The number of ether oxygens (including phenoxy) is 1. The zero-order valence-electron chi connectivity index (χ0n) is 8.80. The van der Waals surface area contributed by atoms with Crippen LogP contribution in [-0.4, -0.2) is 49.8 Å². The van der Waals surface area contributed by atoms with Crippen molar-refractivity contribution in [2.45, 2.75) is 24.5 Å². The Kier molecular flexibility index (Phi) is 3.11. The molecule has 1 aromatic heterocycles. The number of hydrogen-bond donors (Lipinski definition) is 4. The van der Waals surface area contributed by atoms with Crippen molar-refractivity contribution in [2.75, 3.05) is 12.3 Å². The molecule has 0 aromatic carbocycles. The van der Waals surface area contributed by atoms with E-state index < -0.39 is 36.8 Å². The maximum atomic E-state index is 11.5. The average Bonchev–Trinajstić information content (AvgIpc) is 2.57. The molecule has 2 heterocycles. The summed E-state index contributed by atoms with van der Waals surface area (Å²) in [5.74, 6) is 0.0537. The summed E-state index contributed by atoms with van der Waals surface area (Å²) in [5, 5.41) is 28.2. The summed E-state index contributed by atoms with van der Waals surface area (Å²) in [6.07, 6.45) is -3.27. The standard InChI is InChI=1S/C9H13N3O5/c10-5-1-2-12(9(16)11-5)8-7(15)6(14)4(3-13)17-8/h1-2,4,6-8,13-15H,3H2,(H2,10,11,16)/t4-,6-,7?,8?/m1/s1. The van der Waals surface area contributed by atoms with E-state index in [0.717, 1.165) is 4.57 Å². The molecule has 8 nitrogen and oxygen atoms in total. The first-order valence-electron chi connectivity index (χ1n) is 5.01. The monoisotopic (exact) mass is 243 g/mol. The van der Waals surface area contributed by atoms with E-state index in [-0.39, 0.29) is 5.82 Å². The number of nitrogens with two attached hydrogens (primary N) is 1. The van der Waals surface area contributed by atoms with Gasteiger partial charge in [0.15, 0.2) is 6.23 Å². The number of aliphatic hydroxyl groups is 3. The Labute approximate surface area is 95.9 Å². The summed E-state index contributed by atoms with van der Waals surface area (Å²) in [6, 6.07) is 1.37. The SMILES string of the molecule is Nc1ccn(C2O[C@H](CO)[C@@H](O)C2O)c(=O)n1. The lowest BCUT2D eigenvalue weighted by atomic mass is 10.1. The second kappa shape index (κ2) is 4.41.